The highest BCUT2D eigenvalue weighted by atomic mass is 16.5. The monoisotopic (exact) mass is 280 g/mol. The summed E-state index contributed by atoms with van der Waals surface area (Å²) in [5.74, 6) is -1.05. The number of hydrogen-bond donors (Lipinski definition) is 2. The number of benzene rings is 1. The number of carbonyl (C=O) groups is 1. The summed E-state index contributed by atoms with van der Waals surface area (Å²) < 4.78 is 5.44. The van der Waals surface area contributed by atoms with Gasteiger partial charge in [-0.3, -0.25) is 0 Å². The minimum atomic E-state index is -1.06. The van der Waals surface area contributed by atoms with Crippen molar-refractivity contribution in [2.24, 2.45) is 0 Å². The van der Waals surface area contributed by atoms with E-state index in [0.717, 1.165) is 5.56 Å². The van der Waals surface area contributed by atoms with Gasteiger partial charge in [-0.1, -0.05) is 45.0 Å². The second-order valence-corrected chi connectivity index (χ2v) is 6.17. The van der Waals surface area contributed by atoms with Gasteiger partial charge in [0, 0.05) is 0 Å². The third-order valence-electron chi connectivity index (χ3n) is 3.33. The van der Waals surface area contributed by atoms with E-state index in [-0.39, 0.29) is 5.41 Å². The molecule has 0 radical (unpaired) electrons. The Balaban J connectivity index is 2.96. The van der Waals surface area contributed by atoms with Gasteiger partial charge in [0.2, 0.25) is 0 Å². The van der Waals surface area contributed by atoms with Crippen LogP contribution in [0, 0.1) is 0 Å². The van der Waals surface area contributed by atoms with Crippen LogP contribution in [-0.2, 0) is 14.9 Å². The fourth-order valence-electron chi connectivity index (χ4n) is 1.77. The summed E-state index contributed by atoms with van der Waals surface area (Å²) in [6.07, 6.45) is -2.32. The molecule has 3 unspecified atom stereocenters. The third kappa shape index (κ3) is 4.32. The lowest BCUT2D eigenvalue weighted by atomic mass is 9.86. The van der Waals surface area contributed by atoms with Crippen LogP contribution in [0.25, 0.3) is 0 Å². The first-order valence-corrected chi connectivity index (χ1v) is 6.79. The molecule has 0 aliphatic heterocycles. The molecule has 0 aliphatic carbocycles. The van der Waals surface area contributed by atoms with Crippen molar-refractivity contribution in [3.63, 3.8) is 0 Å². The van der Waals surface area contributed by atoms with Crippen molar-refractivity contribution in [3.05, 3.63) is 35.4 Å². The van der Waals surface area contributed by atoms with Crippen molar-refractivity contribution in [1.82, 2.24) is 0 Å². The molecular weight excluding hydrogens is 256 g/mol. The predicted octanol–water partition coefficient (Wildman–Crippen LogP) is 2.90. The summed E-state index contributed by atoms with van der Waals surface area (Å²) >= 11 is 0. The zero-order valence-electron chi connectivity index (χ0n) is 12.8. The van der Waals surface area contributed by atoms with E-state index in [1.807, 2.05) is 12.1 Å². The van der Waals surface area contributed by atoms with Crippen molar-refractivity contribution in [1.29, 1.82) is 0 Å². The lowest BCUT2D eigenvalue weighted by Crippen LogP contribution is -2.28. The molecule has 0 saturated carbocycles. The van der Waals surface area contributed by atoms with Crippen molar-refractivity contribution in [2.75, 3.05) is 0 Å². The molecule has 3 atom stereocenters. The lowest BCUT2D eigenvalue weighted by Gasteiger charge is -2.23. The SMILES string of the molecule is CC(O)C(C)OC(C(=O)O)c1ccc(C(C)(C)C)cc1. The molecular formula is C16H24O4. The quantitative estimate of drug-likeness (QED) is 0.870. The molecule has 0 amide bonds. The van der Waals surface area contributed by atoms with Crippen molar-refractivity contribution in [2.45, 2.75) is 58.3 Å². The van der Waals surface area contributed by atoms with E-state index in [0.29, 0.717) is 5.56 Å². The van der Waals surface area contributed by atoms with Gasteiger partial charge in [-0.05, 0) is 30.4 Å². The molecule has 1 aromatic carbocycles. The van der Waals surface area contributed by atoms with Gasteiger partial charge in [0.05, 0.1) is 12.2 Å². The van der Waals surface area contributed by atoms with E-state index in [2.05, 4.69) is 20.8 Å². The molecule has 0 aromatic heterocycles. The van der Waals surface area contributed by atoms with Gasteiger partial charge in [0.15, 0.2) is 6.10 Å². The summed E-state index contributed by atoms with van der Waals surface area (Å²) in [4.78, 5) is 11.3. The van der Waals surface area contributed by atoms with Gasteiger partial charge < -0.3 is 14.9 Å². The van der Waals surface area contributed by atoms with Crippen molar-refractivity contribution < 1.29 is 19.7 Å². The van der Waals surface area contributed by atoms with Gasteiger partial charge in [-0.15, -0.1) is 0 Å². The molecule has 112 valence electrons. The first-order chi connectivity index (χ1) is 9.12. The Morgan fingerprint density at radius 1 is 1.15 bits per heavy atom. The normalized spacial score (nSPS) is 16.5. The zero-order chi connectivity index (χ0) is 15.5. The maximum absolute atomic E-state index is 11.3. The maximum Gasteiger partial charge on any atom is 0.337 e. The first kappa shape index (κ1) is 16.7. The molecule has 1 aromatic rings. The van der Waals surface area contributed by atoms with Gasteiger partial charge >= 0.3 is 5.97 Å². The number of carboxylic acids is 1. The highest BCUT2D eigenvalue weighted by Crippen LogP contribution is 2.26. The Morgan fingerprint density at radius 3 is 2.00 bits per heavy atom. The average Bonchev–Trinajstić information content (AvgIpc) is 2.34. The smallest absolute Gasteiger partial charge is 0.337 e. The molecule has 20 heavy (non-hydrogen) atoms. The summed E-state index contributed by atoms with van der Waals surface area (Å²) in [5.41, 5.74) is 1.73. The van der Waals surface area contributed by atoms with Crippen LogP contribution < -0.4 is 0 Å². The molecule has 0 spiro atoms. The molecule has 2 N–H and O–H groups in total. The van der Waals surface area contributed by atoms with E-state index < -0.39 is 24.3 Å². The van der Waals surface area contributed by atoms with Crippen LogP contribution in [-0.4, -0.2) is 28.4 Å². The topological polar surface area (TPSA) is 66.8 Å². The average molecular weight is 280 g/mol. The molecule has 1 rings (SSSR count). The number of aliphatic hydroxyl groups excluding tert-OH is 1. The summed E-state index contributed by atoms with van der Waals surface area (Å²) in [5, 5.41) is 18.7. The fourth-order valence-corrected chi connectivity index (χ4v) is 1.77. The predicted molar refractivity (Wildman–Crippen MR) is 77.7 cm³/mol. The van der Waals surface area contributed by atoms with E-state index >= 15 is 0 Å². The second-order valence-electron chi connectivity index (χ2n) is 6.17. The van der Waals surface area contributed by atoms with Gasteiger partial charge in [0.25, 0.3) is 0 Å². The summed E-state index contributed by atoms with van der Waals surface area (Å²) in [6, 6.07) is 7.38. The fraction of sp³-hybridized carbons (Fsp3) is 0.562. The van der Waals surface area contributed by atoms with Gasteiger partial charge in [0.1, 0.15) is 0 Å². The van der Waals surface area contributed by atoms with Gasteiger partial charge in [-0.2, -0.15) is 0 Å². The van der Waals surface area contributed by atoms with Crippen molar-refractivity contribution in [3.8, 4) is 0 Å². The lowest BCUT2D eigenvalue weighted by molar-refractivity contribution is -0.158. The molecule has 0 saturated heterocycles. The molecule has 0 heterocycles. The number of rotatable bonds is 5. The van der Waals surface area contributed by atoms with Crippen molar-refractivity contribution >= 4 is 5.97 Å². The van der Waals surface area contributed by atoms with Crippen LogP contribution in [0.1, 0.15) is 51.8 Å². The number of ether oxygens (including phenoxy) is 1. The maximum atomic E-state index is 11.3. The summed E-state index contributed by atoms with van der Waals surface area (Å²) in [7, 11) is 0. The van der Waals surface area contributed by atoms with Crippen LogP contribution in [0.3, 0.4) is 0 Å². The van der Waals surface area contributed by atoms with E-state index in [1.54, 1.807) is 26.0 Å². The van der Waals surface area contributed by atoms with E-state index in [4.69, 9.17) is 4.74 Å². The number of aliphatic carboxylic acids is 1. The van der Waals surface area contributed by atoms with Crippen LogP contribution in [0.2, 0.25) is 0 Å². The van der Waals surface area contributed by atoms with E-state index in [9.17, 15) is 15.0 Å². The first-order valence-electron chi connectivity index (χ1n) is 6.79. The largest absolute Gasteiger partial charge is 0.479 e. The Labute approximate surface area is 120 Å². The molecule has 0 bridgehead atoms. The minimum Gasteiger partial charge on any atom is -0.479 e. The zero-order valence-corrected chi connectivity index (χ0v) is 12.8. The highest BCUT2D eigenvalue weighted by Gasteiger charge is 2.25. The summed E-state index contributed by atoms with van der Waals surface area (Å²) in [6.45, 7) is 9.53. The highest BCUT2D eigenvalue weighted by molar-refractivity contribution is 5.74. The molecule has 0 fully saturated rings. The van der Waals surface area contributed by atoms with Crippen LogP contribution in [0.5, 0.6) is 0 Å². The number of carboxylic acid groups (broad SMARTS) is 1. The Morgan fingerprint density at radius 2 is 1.65 bits per heavy atom. The Kier molecular flexibility index (Phi) is 5.31. The number of aliphatic hydroxyl groups is 1. The standard InChI is InChI=1S/C16H24O4/c1-10(17)11(2)20-14(15(18)19)12-6-8-13(9-7-12)16(3,4)5/h6-11,14,17H,1-5H3,(H,18,19). The molecule has 0 aliphatic rings. The molecule has 4 nitrogen and oxygen atoms in total. The Bertz CT molecular complexity index is 443. The van der Waals surface area contributed by atoms with E-state index in [1.165, 1.54) is 0 Å². The van der Waals surface area contributed by atoms with Gasteiger partial charge in [-0.25, -0.2) is 4.79 Å². The second kappa shape index (κ2) is 6.37. The Hall–Kier alpha value is -1.39. The van der Waals surface area contributed by atoms with Crippen LogP contribution in [0.15, 0.2) is 24.3 Å². The van der Waals surface area contributed by atoms with Crippen LogP contribution in [0.4, 0.5) is 0 Å². The number of hydrogen-bond acceptors (Lipinski definition) is 3. The molecule has 4 heteroatoms. The minimum absolute atomic E-state index is 0.0189. The van der Waals surface area contributed by atoms with Crippen LogP contribution >= 0.6 is 0 Å². The third-order valence-corrected chi connectivity index (χ3v) is 3.33.